The second-order valence-corrected chi connectivity index (χ2v) is 12.1. The van der Waals surface area contributed by atoms with E-state index in [4.69, 9.17) is 0 Å². The van der Waals surface area contributed by atoms with E-state index in [1.165, 1.54) is 66.6 Å². The summed E-state index contributed by atoms with van der Waals surface area (Å²) in [6.45, 7) is 0. The Bertz CT molecular complexity index is 2410. The quantitative estimate of drug-likeness (QED) is 0.192. The van der Waals surface area contributed by atoms with Crippen LogP contribution in [0.15, 0.2) is 158 Å². The highest BCUT2D eigenvalue weighted by Crippen LogP contribution is 2.54. The summed E-state index contributed by atoms with van der Waals surface area (Å²) in [6.07, 6.45) is 12.7. The second kappa shape index (κ2) is 9.35. The van der Waals surface area contributed by atoms with Gasteiger partial charge in [0.15, 0.2) is 0 Å². The summed E-state index contributed by atoms with van der Waals surface area (Å²) in [7, 11) is 0. The van der Waals surface area contributed by atoms with Gasteiger partial charge in [0.25, 0.3) is 0 Å². The third-order valence-electron chi connectivity index (χ3n) is 9.86. The maximum absolute atomic E-state index is 4.33. The molecule has 0 spiro atoms. The minimum absolute atomic E-state index is 0.0857. The lowest BCUT2D eigenvalue weighted by Crippen LogP contribution is -2.30. The van der Waals surface area contributed by atoms with Crippen LogP contribution >= 0.6 is 0 Å². The standard InChI is InChI=1S/C42H28N3/c1-2-10-28(11-3-1)39-31-13-4-5-14-32(31)40-33(39)23-24-37-41(40)34-15-8-18-38-42(34)45(37)36-17-7-6-16-35(36)44(38)30-21-19-27(20-22-30)29-12-9-25-43-26-29/h1-26,36,39H/q+1. The maximum atomic E-state index is 4.33. The Balaban J connectivity index is 1.25. The van der Waals surface area contributed by atoms with Gasteiger partial charge in [-0.3, -0.25) is 4.98 Å². The van der Waals surface area contributed by atoms with E-state index in [0.717, 1.165) is 11.3 Å². The molecule has 2 aromatic heterocycles. The van der Waals surface area contributed by atoms with E-state index in [-0.39, 0.29) is 12.0 Å². The number of para-hydroxylation sites is 1. The molecule has 3 nitrogen and oxygen atoms in total. The Morgan fingerprint density at radius 1 is 0.667 bits per heavy atom. The summed E-state index contributed by atoms with van der Waals surface area (Å²) in [5.74, 6) is 0.225. The molecule has 0 saturated carbocycles. The van der Waals surface area contributed by atoms with Crippen molar-refractivity contribution in [3.63, 3.8) is 0 Å². The number of fused-ring (bicyclic) bond motifs is 9. The van der Waals surface area contributed by atoms with Gasteiger partial charge in [0.1, 0.15) is 11.6 Å². The summed E-state index contributed by atoms with van der Waals surface area (Å²) in [5.41, 5.74) is 15.3. The molecule has 3 aliphatic rings. The lowest BCUT2D eigenvalue weighted by atomic mass is 9.89. The molecule has 0 amide bonds. The fourth-order valence-corrected chi connectivity index (χ4v) is 8.05. The minimum Gasteiger partial charge on any atom is -0.318 e. The third-order valence-corrected chi connectivity index (χ3v) is 9.86. The first-order valence-electron chi connectivity index (χ1n) is 15.6. The number of pyridine rings is 1. The van der Waals surface area contributed by atoms with E-state index in [9.17, 15) is 0 Å². The van der Waals surface area contributed by atoms with Crippen LogP contribution < -0.4 is 4.58 Å². The molecule has 1 aliphatic heterocycles. The molecule has 45 heavy (non-hydrogen) atoms. The molecule has 3 heterocycles. The molecule has 0 saturated heterocycles. The van der Waals surface area contributed by atoms with Gasteiger partial charge >= 0.3 is 0 Å². The van der Waals surface area contributed by atoms with Crippen LogP contribution in [0.3, 0.4) is 0 Å². The van der Waals surface area contributed by atoms with E-state index < -0.39 is 0 Å². The van der Waals surface area contributed by atoms with Crippen LogP contribution in [0.2, 0.25) is 0 Å². The molecule has 5 aromatic carbocycles. The van der Waals surface area contributed by atoms with Crippen LogP contribution in [0.1, 0.15) is 28.7 Å². The SMILES string of the molecule is C1=CC2=[N+](c3ccc(-c4cccnc4)cc3)c3cccc4c5c6c(ccc5n(c34)C2C=C1)C(c1ccccc1)c1ccccc1-6. The van der Waals surface area contributed by atoms with Gasteiger partial charge in [-0.15, -0.1) is 0 Å². The molecule has 3 heteroatoms. The molecule has 2 atom stereocenters. The predicted octanol–water partition coefficient (Wildman–Crippen LogP) is 9.97. The van der Waals surface area contributed by atoms with Crippen molar-refractivity contribution in [2.45, 2.75) is 12.0 Å². The normalized spacial score (nSPS) is 17.5. The first-order valence-corrected chi connectivity index (χ1v) is 15.6. The highest BCUT2D eigenvalue weighted by molar-refractivity contribution is 6.22. The zero-order chi connectivity index (χ0) is 29.5. The van der Waals surface area contributed by atoms with Crippen LogP contribution in [-0.2, 0) is 0 Å². The van der Waals surface area contributed by atoms with Gasteiger partial charge in [0, 0.05) is 53.4 Å². The summed E-state index contributed by atoms with van der Waals surface area (Å²) in [4.78, 5) is 4.33. The first-order chi connectivity index (χ1) is 22.4. The average Bonchev–Trinajstić information content (AvgIpc) is 3.63. The topological polar surface area (TPSA) is 20.8 Å². The highest BCUT2D eigenvalue weighted by Gasteiger charge is 2.39. The number of aromatic nitrogens is 2. The summed E-state index contributed by atoms with van der Waals surface area (Å²) in [6, 6.07) is 44.7. The van der Waals surface area contributed by atoms with E-state index in [1.807, 2.05) is 18.5 Å². The maximum Gasteiger partial charge on any atom is 0.235 e. The van der Waals surface area contributed by atoms with Crippen LogP contribution in [0.4, 0.5) is 11.4 Å². The fraction of sp³-hybridized carbons (Fsp3) is 0.0476. The average molecular weight is 575 g/mol. The molecule has 0 bridgehead atoms. The lowest BCUT2D eigenvalue weighted by molar-refractivity contribution is 0.781. The Kier molecular flexibility index (Phi) is 5.11. The first kappa shape index (κ1) is 24.6. The van der Waals surface area contributed by atoms with Gasteiger partial charge < -0.3 is 4.57 Å². The number of rotatable bonds is 3. The highest BCUT2D eigenvalue weighted by atomic mass is 15.2. The van der Waals surface area contributed by atoms with Gasteiger partial charge in [-0.05, 0) is 63.2 Å². The van der Waals surface area contributed by atoms with Crippen molar-refractivity contribution < 1.29 is 0 Å². The number of nitrogens with zero attached hydrogens (tertiary/aromatic N) is 3. The molecule has 2 unspecified atom stereocenters. The van der Waals surface area contributed by atoms with Crippen LogP contribution in [0, 0.1) is 0 Å². The van der Waals surface area contributed by atoms with Crippen LogP contribution in [0.25, 0.3) is 44.1 Å². The molecular formula is C42H28N3+. The molecule has 2 aliphatic carbocycles. The third kappa shape index (κ3) is 3.41. The van der Waals surface area contributed by atoms with Crippen molar-refractivity contribution in [1.82, 2.24) is 14.1 Å². The van der Waals surface area contributed by atoms with E-state index in [2.05, 4.69) is 154 Å². The smallest absolute Gasteiger partial charge is 0.235 e. The Morgan fingerprint density at radius 2 is 1.53 bits per heavy atom. The van der Waals surface area contributed by atoms with Gasteiger partial charge in [0.2, 0.25) is 17.1 Å². The molecule has 0 N–H and O–H groups in total. The molecule has 210 valence electrons. The van der Waals surface area contributed by atoms with Gasteiger partial charge in [-0.2, -0.15) is 4.58 Å². The Labute approximate surface area is 261 Å². The molecule has 0 fully saturated rings. The lowest BCUT2D eigenvalue weighted by Gasteiger charge is -2.24. The van der Waals surface area contributed by atoms with E-state index in [1.54, 1.807) is 0 Å². The van der Waals surface area contributed by atoms with E-state index >= 15 is 0 Å². The molecular weight excluding hydrogens is 546 g/mol. The van der Waals surface area contributed by atoms with Crippen molar-refractivity contribution in [3.8, 4) is 22.3 Å². The zero-order valence-electron chi connectivity index (χ0n) is 24.5. The molecule has 7 aromatic rings. The second-order valence-electron chi connectivity index (χ2n) is 12.1. The van der Waals surface area contributed by atoms with Gasteiger partial charge in [-0.1, -0.05) is 97.1 Å². The Hall–Kier alpha value is -5.80. The zero-order valence-corrected chi connectivity index (χ0v) is 24.5. The van der Waals surface area contributed by atoms with Crippen molar-refractivity contribution in [2.75, 3.05) is 0 Å². The summed E-state index contributed by atoms with van der Waals surface area (Å²) >= 11 is 0. The number of hydrogen-bond acceptors (Lipinski definition) is 1. The van der Waals surface area contributed by atoms with Gasteiger partial charge in [-0.25, -0.2) is 0 Å². The van der Waals surface area contributed by atoms with E-state index in [0.29, 0.717) is 0 Å². The van der Waals surface area contributed by atoms with Crippen LogP contribution in [0.5, 0.6) is 0 Å². The van der Waals surface area contributed by atoms with Crippen molar-refractivity contribution in [2.24, 2.45) is 0 Å². The van der Waals surface area contributed by atoms with Crippen molar-refractivity contribution in [3.05, 3.63) is 175 Å². The Morgan fingerprint density at radius 3 is 2.40 bits per heavy atom. The number of hydrogen-bond donors (Lipinski definition) is 0. The monoisotopic (exact) mass is 574 g/mol. The number of allylic oxidation sites excluding steroid dienone is 4. The number of benzene rings is 5. The molecule has 10 rings (SSSR count). The molecule has 0 radical (unpaired) electrons. The largest absolute Gasteiger partial charge is 0.318 e. The minimum atomic E-state index is 0.0857. The van der Waals surface area contributed by atoms with Crippen molar-refractivity contribution in [1.29, 1.82) is 0 Å². The van der Waals surface area contributed by atoms with Gasteiger partial charge in [0.05, 0.1) is 5.52 Å². The predicted molar refractivity (Wildman–Crippen MR) is 186 cm³/mol. The summed E-state index contributed by atoms with van der Waals surface area (Å²) < 4.78 is 5.04. The fourth-order valence-electron chi connectivity index (χ4n) is 8.05. The van der Waals surface area contributed by atoms with Crippen LogP contribution in [-0.4, -0.2) is 15.3 Å². The van der Waals surface area contributed by atoms with Crippen molar-refractivity contribution >= 4 is 38.9 Å². The summed E-state index contributed by atoms with van der Waals surface area (Å²) in [5, 5.41) is 2.66.